The highest BCUT2D eigenvalue weighted by Gasteiger charge is 2.69. The topological polar surface area (TPSA) is 21.9 Å². The second-order valence-corrected chi connectivity index (χ2v) is 22.1. The number of rotatable bonds is 6. The molecule has 5 heterocycles. The number of fused-ring (bicyclic) bond motifs is 5. The van der Waals surface area contributed by atoms with Crippen LogP contribution in [0.2, 0.25) is 0 Å². The Hall–Kier alpha value is -7.04. The number of para-hydroxylation sites is 1. The molecule has 0 fully saturated rings. The largest absolute Gasteiger partial charge is 0.499 e. The summed E-state index contributed by atoms with van der Waals surface area (Å²) in [5, 5.41) is 0. The van der Waals surface area contributed by atoms with Crippen LogP contribution in [0.1, 0.15) is 116 Å². The summed E-state index contributed by atoms with van der Waals surface area (Å²) in [6, 6.07) is 56.3. The van der Waals surface area contributed by atoms with E-state index in [4.69, 9.17) is 4.74 Å². The number of aryl methyl sites for hydroxylation is 1. The third kappa shape index (κ3) is 5.98. The van der Waals surface area contributed by atoms with E-state index in [0.717, 1.165) is 67.4 Å². The highest BCUT2D eigenvalue weighted by atomic mass is 16.5. The van der Waals surface area contributed by atoms with Gasteiger partial charge in [-0.25, -0.2) is 0 Å². The molecule has 3 aliphatic rings. The Morgan fingerprint density at radius 1 is 0.588 bits per heavy atom. The molecule has 3 aliphatic heterocycles. The van der Waals surface area contributed by atoms with Crippen molar-refractivity contribution in [2.75, 3.05) is 0 Å². The van der Waals surface area contributed by atoms with Gasteiger partial charge >= 0.3 is 11.7 Å². The first-order chi connectivity index (χ1) is 32.9. The van der Waals surface area contributed by atoms with E-state index < -0.39 is 11.7 Å². The van der Waals surface area contributed by atoms with Crippen molar-refractivity contribution in [3.05, 3.63) is 191 Å². The molecule has 0 amide bonds. The maximum absolute atomic E-state index is 9.29. The fourth-order valence-electron chi connectivity index (χ4n) is 11.6. The van der Waals surface area contributed by atoms with Crippen molar-refractivity contribution in [2.24, 2.45) is 0 Å². The minimum absolute atomic E-state index is 0.130. The summed E-state index contributed by atoms with van der Waals surface area (Å²) in [6.45, 7) is 24.7. The molecule has 9 aromatic rings. The maximum Gasteiger partial charge on any atom is 0.499 e. The molecule has 12 rings (SSSR count). The van der Waals surface area contributed by atoms with Crippen LogP contribution in [-0.4, -0.2) is 4.57 Å². The average Bonchev–Trinajstić information content (AvgIpc) is 3.81. The molecule has 68 heavy (non-hydrogen) atoms. The number of aromatic nitrogens is 3. The number of nitrogens with zero attached hydrogens (tertiary/aromatic N) is 3. The summed E-state index contributed by atoms with van der Waals surface area (Å²) >= 11 is 0. The standard InChI is InChI=1S/C64H61N3O/c1-38(2)47-24-18-25-48(39(3)4)57(47)44-28-29-54(40(5)32-44)66-55-27-19-26-49-50-33-45(42-22-16-13-17-23-42)34-51-56-35-43(41-20-14-12-15-21-41)30-31-65(56)64(58(50)51)67(59(49)55)61(66)52-36-46(62(6,7)8)37-53(60(52)68-64)63(9,10)11/h12-39H,1-11H3/q+2/i38D. The van der Waals surface area contributed by atoms with Gasteiger partial charge in [-0.05, 0) is 128 Å². The van der Waals surface area contributed by atoms with Gasteiger partial charge in [-0.3, -0.25) is 0 Å². The fraction of sp³-hybridized carbons (Fsp3) is 0.250. The fourth-order valence-corrected chi connectivity index (χ4v) is 11.6. The normalized spacial score (nSPS) is 15.8. The molecule has 336 valence electrons. The second-order valence-electron chi connectivity index (χ2n) is 22.1. The lowest BCUT2D eigenvalue weighted by molar-refractivity contribution is -0.997. The molecule has 0 N–H and O–H groups in total. The van der Waals surface area contributed by atoms with Crippen LogP contribution < -0.4 is 13.9 Å². The minimum Gasteiger partial charge on any atom is -0.392 e. The number of imidazole rings is 1. The van der Waals surface area contributed by atoms with Gasteiger partial charge in [0.1, 0.15) is 16.8 Å². The van der Waals surface area contributed by atoms with E-state index in [0.29, 0.717) is 5.92 Å². The molecule has 0 saturated heterocycles. The summed E-state index contributed by atoms with van der Waals surface area (Å²) in [7, 11) is 0. The van der Waals surface area contributed by atoms with Crippen LogP contribution in [0.3, 0.4) is 0 Å². The molecule has 2 aromatic heterocycles. The third-order valence-electron chi connectivity index (χ3n) is 15.0. The first-order valence-corrected chi connectivity index (χ1v) is 24.5. The Kier molecular flexibility index (Phi) is 8.92. The van der Waals surface area contributed by atoms with Crippen LogP contribution in [0.5, 0.6) is 5.75 Å². The summed E-state index contributed by atoms with van der Waals surface area (Å²) in [5.74, 6) is 0.432. The first-order valence-electron chi connectivity index (χ1n) is 25.0. The Balaban J connectivity index is 1.24. The van der Waals surface area contributed by atoms with Crippen LogP contribution in [0.15, 0.2) is 158 Å². The Morgan fingerprint density at radius 3 is 1.93 bits per heavy atom. The zero-order chi connectivity index (χ0) is 48.1. The smallest absolute Gasteiger partial charge is 0.392 e. The molecular weight excluding hydrogens is 827 g/mol. The van der Waals surface area contributed by atoms with E-state index in [1.54, 1.807) is 0 Å². The zero-order valence-electron chi connectivity index (χ0n) is 42.3. The van der Waals surface area contributed by atoms with Gasteiger partial charge in [-0.2, -0.15) is 4.57 Å². The van der Waals surface area contributed by atoms with Crippen LogP contribution in [0.4, 0.5) is 0 Å². The Morgan fingerprint density at radius 2 is 1.26 bits per heavy atom. The van der Waals surface area contributed by atoms with Crippen molar-refractivity contribution in [2.45, 2.75) is 105 Å². The van der Waals surface area contributed by atoms with Gasteiger partial charge < -0.3 is 4.74 Å². The van der Waals surface area contributed by atoms with Crippen LogP contribution >= 0.6 is 0 Å². The van der Waals surface area contributed by atoms with Crippen molar-refractivity contribution >= 4 is 11.0 Å². The van der Waals surface area contributed by atoms with Crippen LogP contribution in [-0.2, 0) is 16.7 Å². The number of hydrogen-bond acceptors (Lipinski definition) is 1. The van der Waals surface area contributed by atoms with Crippen molar-refractivity contribution in [1.29, 1.82) is 0 Å². The highest BCUT2D eigenvalue weighted by molar-refractivity contribution is 5.99. The monoisotopic (exact) mass is 888 g/mol. The van der Waals surface area contributed by atoms with E-state index in [1.165, 1.54) is 55.6 Å². The average molecular weight is 889 g/mol. The zero-order valence-corrected chi connectivity index (χ0v) is 41.3. The molecule has 0 radical (unpaired) electrons. The van der Waals surface area contributed by atoms with Crippen molar-refractivity contribution in [1.82, 2.24) is 4.57 Å². The van der Waals surface area contributed by atoms with Gasteiger partial charge in [0.2, 0.25) is 5.69 Å². The predicted molar refractivity (Wildman–Crippen MR) is 280 cm³/mol. The van der Waals surface area contributed by atoms with E-state index >= 15 is 0 Å². The number of ether oxygens (including phenoxy) is 1. The van der Waals surface area contributed by atoms with E-state index in [2.05, 4.69) is 234 Å². The van der Waals surface area contributed by atoms with Gasteiger partial charge in [-0.1, -0.05) is 166 Å². The molecule has 0 aliphatic carbocycles. The van der Waals surface area contributed by atoms with Gasteiger partial charge in [0.15, 0.2) is 23.0 Å². The van der Waals surface area contributed by atoms with E-state index in [1.807, 2.05) is 13.8 Å². The summed E-state index contributed by atoms with van der Waals surface area (Å²) < 4.78 is 25.0. The SMILES string of the molecule is [2H]C(C)(C)c1cccc(C(C)C)c1-c1ccc(-n2c3[n+]4c5c(cccc52)-c2cc(-c5ccccc5)cc5c2C4(Oc2c-3cc(C(C)(C)C)cc2C(C)(C)C)[n+]2ccc(-c3ccccc3)cc2-5)c(C)c1. The van der Waals surface area contributed by atoms with Crippen molar-refractivity contribution < 1.29 is 15.2 Å². The van der Waals surface area contributed by atoms with Crippen molar-refractivity contribution in [3.8, 4) is 78.6 Å². The molecule has 4 nitrogen and oxygen atoms in total. The van der Waals surface area contributed by atoms with Crippen molar-refractivity contribution in [3.63, 3.8) is 0 Å². The van der Waals surface area contributed by atoms with Gasteiger partial charge in [0.25, 0.3) is 0 Å². The molecule has 1 atom stereocenters. The number of benzene rings is 7. The summed E-state index contributed by atoms with van der Waals surface area (Å²) in [4.78, 5) is 0. The number of pyridine rings is 1. The molecular formula is C64H61N3O+2. The number of hydrogen-bond donors (Lipinski definition) is 0. The highest BCUT2D eigenvalue weighted by Crippen LogP contribution is 2.56. The van der Waals surface area contributed by atoms with Gasteiger partial charge in [0.05, 0.1) is 5.56 Å². The third-order valence-corrected chi connectivity index (χ3v) is 15.0. The predicted octanol–water partition coefficient (Wildman–Crippen LogP) is 15.6. The van der Waals surface area contributed by atoms with Gasteiger partial charge in [0, 0.05) is 30.2 Å². The molecule has 1 unspecified atom stereocenters. The summed E-state index contributed by atoms with van der Waals surface area (Å²) in [6.07, 6.45) is 2.28. The first kappa shape index (κ1) is 41.2. The lowest BCUT2D eigenvalue weighted by Crippen LogP contribution is -2.78. The quantitative estimate of drug-likeness (QED) is 0.153. The minimum atomic E-state index is -1.10. The Bertz CT molecular complexity index is 3620. The van der Waals surface area contributed by atoms with Crippen LogP contribution in [0, 0.1) is 6.92 Å². The maximum atomic E-state index is 9.29. The second kappa shape index (κ2) is 14.7. The molecule has 0 saturated carbocycles. The lowest BCUT2D eigenvalue weighted by Gasteiger charge is -2.36. The Labute approximate surface area is 403 Å². The lowest BCUT2D eigenvalue weighted by atomic mass is 9.78. The molecule has 7 aromatic carbocycles. The summed E-state index contributed by atoms with van der Waals surface area (Å²) in [5.41, 5.74) is 22.8. The van der Waals surface area contributed by atoms with E-state index in [-0.39, 0.29) is 10.8 Å². The molecule has 4 heteroatoms. The van der Waals surface area contributed by atoms with E-state index in [9.17, 15) is 1.37 Å². The van der Waals surface area contributed by atoms with Gasteiger partial charge in [-0.15, -0.1) is 9.13 Å². The molecule has 0 bridgehead atoms. The molecule has 1 spiro atoms. The van der Waals surface area contributed by atoms with Crippen LogP contribution in [0.25, 0.3) is 83.9 Å².